The van der Waals surface area contributed by atoms with E-state index in [2.05, 4.69) is 34.9 Å². The number of anilines is 1. The van der Waals surface area contributed by atoms with Crippen LogP contribution < -0.4 is 15.5 Å². The fourth-order valence-corrected chi connectivity index (χ4v) is 4.36. The van der Waals surface area contributed by atoms with Crippen LogP contribution in [0.15, 0.2) is 53.5 Å². The Morgan fingerprint density at radius 2 is 1.82 bits per heavy atom. The summed E-state index contributed by atoms with van der Waals surface area (Å²) in [4.78, 5) is 32.3. The van der Waals surface area contributed by atoms with Crippen molar-refractivity contribution in [2.75, 3.05) is 32.1 Å². The summed E-state index contributed by atoms with van der Waals surface area (Å²) in [7, 11) is 3.50. The van der Waals surface area contributed by atoms with Gasteiger partial charge in [0.05, 0.1) is 13.1 Å². The summed E-state index contributed by atoms with van der Waals surface area (Å²) in [6.45, 7) is 1.47. The number of hydrogen-bond donors (Lipinski definition) is 2. The summed E-state index contributed by atoms with van der Waals surface area (Å²) < 4.78 is 0. The number of guanidine groups is 1. The predicted octanol–water partition coefficient (Wildman–Crippen LogP) is 3.11. The first-order chi connectivity index (χ1) is 16.0. The lowest BCUT2D eigenvalue weighted by atomic mass is 9.88. The minimum absolute atomic E-state index is 0. The van der Waals surface area contributed by atoms with Gasteiger partial charge in [-0.2, -0.15) is 0 Å². The second-order valence-electron chi connectivity index (χ2n) is 8.97. The highest BCUT2D eigenvalue weighted by Crippen LogP contribution is 2.22. The molecule has 1 fully saturated rings. The van der Waals surface area contributed by atoms with Crippen molar-refractivity contribution in [2.24, 2.45) is 4.99 Å². The molecule has 1 aliphatic heterocycles. The molecule has 1 aliphatic carbocycles. The van der Waals surface area contributed by atoms with Crippen molar-refractivity contribution in [1.29, 1.82) is 0 Å². The molecule has 2 amide bonds. The van der Waals surface area contributed by atoms with E-state index in [4.69, 9.17) is 4.99 Å². The molecule has 0 radical (unpaired) electrons. The van der Waals surface area contributed by atoms with Crippen molar-refractivity contribution in [3.63, 3.8) is 0 Å². The molecular weight excluding hydrogens is 541 g/mol. The maximum atomic E-state index is 12.1. The van der Waals surface area contributed by atoms with Gasteiger partial charge in [0, 0.05) is 38.8 Å². The van der Waals surface area contributed by atoms with Crippen LogP contribution in [0.4, 0.5) is 5.69 Å². The molecule has 8 heteroatoms. The molecule has 34 heavy (non-hydrogen) atoms. The van der Waals surface area contributed by atoms with E-state index in [1.165, 1.54) is 11.1 Å². The lowest BCUT2D eigenvalue weighted by molar-refractivity contribution is -0.127. The van der Waals surface area contributed by atoms with Gasteiger partial charge in [-0.15, -0.1) is 24.0 Å². The number of halogens is 1. The predicted molar refractivity (Wildman–Crippen MR) is 147 cm³/mol. The summed E-state index contributed by atoms with van der Waals surface area (Å²) in [5.74, 6) is 0.836. The summed E-state index contributed by atoms with van der Waals surface area (Å²) in [5, 5.41) is 6.74. The van der Waals surface area contributed by atoms with E-state index in [1.807, 2.05) is 29.2 Å². The fraction of sp³-hybridized carbons (Fsp3) is 0.423. The minimum atomic E-state index is -0.00174. The van der Waals surface area contributed by atoms with Crippen LogP contribution in [0.1, 0.15) is 36.0 Å². The average Bonchev–Trinajstić information content (AvgIpc) is 3.26. The largest absolute Gasteiger partial charge is 0.353 e. The topological polar surface area (TPSA) is 77.0 Å². The maximum Gasteiger partial charge on any atom is 0.241 e. The number of carbonyl (C=O) groups is 2. The van der Waals surface area contributed by atoms with Gasteiger partial charge in [0.1, 0.15) is 0 Å². The molecule has 2 N–H and O–H groups in total. The number of aryl methyl sites for hydroxylation is 1. The van der Waals surface area contributed by atoms with Gasteiger partial charge in [-0.05, 0) is 54.5 Å². The summed E-state index contributed by atoms with van der Waals surface area (Å²) in [5.41, 5.74) is 4.79. The first-order valence-corrected chi connectivity index (χ1v) is 11.7. The van der Waals surface area contributed by atoms with Gasteiger partial charge in [-0.1, -0.05) is 36.4 Å². The van der Waals surface area contributed by atoms with Crippen LogP contribution in [0.3, 0.4) is 0 Å². The smallest absolute Gasteiger partial charge is 0.241 e. The normalized spacial score (nSPS) is 17.6. The number of nitrogens with one attached hydrogen (secondary N) is 2. The molecule has 182 valence electrons. The van der Waals surface area contributed by atoms with E-state index >= 15 is 0 Å². The standard InChI is InChI=1S/C26H33N5O2.HI/c1-30(2)25(33)18-28-26(29-22-12-11-20-6-3-4-7-21(20)16-22)27-17-19-9-13-23(14-10-19)31-15-5-8-24(31)32;/h3-4,6-7,9-10,13-14,22H,5,8,11-12,15-18H2,1-2H3,(H2,27,28,29);1H. The Morgan fingerprint density at radius 3 is 2.50 bits per heavy atom. The number of nitrogens with zero attached hydrogens (tertiary/aromatic N) is 3. The molecule has 0 saturated carbocycles. The number of fused-ring (bicyclic) bond motifs is 1. The van der Waals surface area contributed by atoms with Crippen molar-refractivity contribution in [2.45, 2.75) is 44.7 Å². The van der Waals surface area contributed by atoms with Gasteiger partial charge < -0.3 is 20.4 Å². The zero-order chi connectivity index (χ0) is 23.2. The fourth-order valence-electron chi connectivity index (χ4n) is 4.36. The number of aliphatic imine (C=N–C) groups is 1. The average molecular weight is 575 g/mol. The molecule has 1 unspecified atom stereocenters. The van der Waals surface area contributed by atoms with Crippen LogP contribution in [0.5, 0.6) is 0 Å². The van der Waals surface area contributed by atoms with Crippen molar-refractivity contribution < 1.29 is 9.59 Å². The van der Waals surface area contributed by atoms with Gasteiger partial charge in [0.2, 0.25) is 11.8 Å². The number of hydrogen-bond acceptors (Lipinski definition) is 3. The second-order valence-corrected chi connectivity index (χ2v) is 8.97. The van der Waals surface area contributed by atoms with E-state index in [0.717, 1.165) is 43.5 Å². The lowest BCUT2D eigenvalue weighted by Crippen LogP contribution is -2.48. The van der Waals surface area contributed by atoms with E-state index in [1.54, 1.807) is 19.0 Å². The van der Waals surface area contributed by atoms with Crippen molar-refractivity contribution in [1.82, 2.24) is 15.5 Å². The summed E-state index contributed by atoms with van der Waals surface area (Å²) in [6.07, 6.45) is 4.55. The number of amides is 2. The Hall–Kier alpha value is -2.62. The zero-order valence-corrected chi connectivity index (χ0v) is 22.2. The SMILES string of the molecule is CN(C)C(=O)CNC(=NCc1ccc(N2CCCC2=O)cc1)NC1CCc2ccccc2C1.I. The van der Waals surface area contributed by atoms with E-state index in [0.29, 0.717) is 18.9 Å². The van der Waals surface area contributed by atoms with Crippen LogP contribution in [-0.2, 0) is 29.0 Å². The number of carbonyl (C=O) groups excluding carboxylic acids is 2. The highest BCUT2D eigenvalue weighted by molar-refractivity contribution is 14.0. The molecule has 7 nitrogen and oxygen atoms in total. The molecule has 2 aliphatic rings. The van der Waals surface area contributed by atoms with Crippen LogP contribution in [0.25, 0.3) is 0 Å². The molecular formula is C26H34IN5O2. The Morgan fingerprint density at radius 1 is 1.09 bits per heavy atom. The molecule has 1 saturated heterocycles. The summed E-state index contributed by atoms with van der Waals surface area (Å²) >= 11 is 0. The molecule has 2 aromatic carbocycles. The van der Waals surface area contributed by atoms with E-state index in [-0.39, 0.29) is 48.4 Å². The third kappa shape index (κ3) is 6.71. The third-order valence-corrected chi connectivity index (χ3v) is 6.33. The van der Waals surface area contributed by atoms with Crippen LogP contribution in [0.2, 0.25) is 0 Å². The second kappa shape index (κ2) is 12.2. The molecule has 2 aromatic rings. The van der Waals surface area contributed by atoms with Crippen molar-refractivity contribution in [3.8, 4) is 0 Å². The monoisotopic (exact) mass is 575 g/mol. The Balaban J connectivity index is 0.00000324. The minimum Gasteiger partial charge on any atom is -0.353 e. The van der Waals surface area contributed by atoms with Gasteiger partial charge in [-0.25, -0.2) is 4.99 Å². The Bertz CT molecular complexity index is 1020. The number of likely N-dealkylation sites (N-methyl/N-ethyl adjacent to an activating group) is 1. The van der Waals surface area contributed by atoms with Gasteiger partial charge in [-0.3, -0.25) is 9.59 Å². The molecule has 1 atom stereocenters. The van der Waals surface area contributed by atoms with Crippen molar-refractivity contribution >= 4 is 47.4 Å². The molecule has 4 rings (SSSR count). The zero-order valence-electron chi connectivity index (χ0n) is 19.9. The Kier molecular flexibility index (Phi) is 9.32. The molecule has 0 bridgehead atoms. The first-order valence-electron chi connectivity index (χ1n) is 11.7. The van der Waals surface area contributed by atoms with Gasteiger partial charge in [0.15, 0.2) is 5.96 Å². The third-order valence-electron chi connectivity index (χ3n) is 6.33. The highest BCUT2D eigenvalue weighted by atomic mass is 127. The van der Waals surface area contributed by atoms with Crippen LogP contribution in [-0.4, -0.2) is 55.9 Å². The summed E-state index contributed by atoms with van der Waals surface area (Å²) in [6, 6.07) is 16.9. The number of benzene rings is 2. The van der Waals surface area contributed by atoms with Crippen LogP contribution in [0, 0.1) is 0 Å². The molecule has 0 aromatic heterocycles. The molecule has 1 heterocycles. The lowest BCUT2D eigenvalue weighted by Gasteiger charge is -2.27. The van der Waals surface area contributed by atoms with Gasteiger partial charge >= 0.3 is 0 Å². The Labute approximate surface area is 219 Å². The van der Waals surface area contributed by atoms with E-state index < -0.39 is 0 Å². The quantitative estimate of drug-likeness (QED) is 0.316. The highest BCUT2D eigenvalue weighted by Gasteiger charge is 2.22. The number of rotatable bonds is 6. The van der Waals surface area contributed by atoms with Crippen LogP contribution >= 0.6 is 24.0 Å². The van der Waals surface area contributed by atoms with Gasteiger partial charge in [0.25, 0.3) is 0 Å². The van der Waals surface area contributed by atoms with Crippen molar-refractivity contribution in [3.05, 3.63) is 65.2 Å². The maximum absolute atomic E-state index is 12.1. The molecule has 0 spiro atoms. The first kappa shape index (κ1) is 26.0. The van der Waals surface area contributed by atoms with E-state index in [9.17, 15) is 9.59 Å².